The molecule has 85 heavy (non-hydrogen) atoms. The third-order valence-corrected chi connectivity index (χ3v) is 15.6. The summed E-state index contributed by atoms with van der Waals surface area (Å²) in [5.41, 5.74) is 11.3. The Hall–Kier alpha value is -3.21. The van der Waals surface area contributed by atoms with E-state index in [4.69, 9.17) is 21.7 Å². The van der Waals surface area contributed by atoms with Crippen molar-refractivity contribution in [2.75, 3.05) is 91.8 Å². The van der Waals surface area contributed by atoms with E-state index in [0.717, 1.165) is 128 Å². The maximum Gasteiger partial charge on any atom is 0.251 e. The Morgan fingerprint density at radius 2 is 0.682 bits per heavy atom. The van der Waals surface area contributed by atoms with E-state index in [2.05, 4.69) is 31.9 Å². The van der Waals surface area contributed by atoms with E-state index in [9.17, 15) is 64.8 Å². The fourth-order valence-corrected chi connectivity index (χ4v) is 9.92. The molecule has 0 saturated heterocycles. The molecule has 0 aliphatic heterocycles. The van der Waals surface area contributed by atoms with E-state index in [1.165, 1.54) is 116 Å². The van der Waals surface area contributed by atoms with E-state index >= 15 is 0 Å². The van der Waals surface area contributed by atoms with Gasteiger partial charge in [0.2, 0.25) is 17.7 Å². The van der Waals surface area contributed by atoms with Gasteiger partial charge in [0.25, 0.3) is 11.8 Å². The number of hydrogen-bond acceptors (Lipinski definition) is 19. The molecule has 0 unspecified atom stereocenters. The molecule has 0 fully saturated rings. The average molecular weight is 1220 g/mol. The maximum atomic E-state index is 13.2. The summed E-state index contributed by atoms with van der Waals surface area (Å²) in [6, 6.07) is 0. The van der Waals surface area contributed by atoms with Crippen LogP contribution in [-0.4, -0.2) is 226 Å². The van der Waals surface area contributed by atoms with Crippen LogP contribution in [0.25, 0.3) is 0 Å². The van der Waals surface area contributed by atoms with Crippen LogP contribution in [0.15, 0.2) is 0 Å². The van der Waals surface area contributed by atoms with Crippen molar-refractivity contribution in [2.45, 2.75) is 261 Å². The van der Waals surface area contributed by atoms with Crippen molar-refractivity contribution in [3.8, 4) is 0 Å². The largest absolute Gasteiger partial charge is 0.394 e. The van der Waals surface area contributed by atoms with Crippen LogP contribution in [-0.2, 0) is 24.0 Å². The second-order valence-electron chi connectivity index (χ2n) is 23.2. The van der Waals surface area contributed by atoms with Gasteiger partial charge in [-0.2, -0.15) is 0 Å². The first-order chi connectivity index (χ1) is 41.0. The molecule has 5 amide bonds. The van der Waals surface area contributed by atoms with Gasteiger partial charge in [0.15, 0.2) is 12.2 Å². The number of carbonyl (C=O) groups excluding carboxylic acids is 5. The molecule has 0 aliphatic rings. The highest BCUT2D eigenvalue weighted by atomic mass is 16.4. The molecule has 0 bridgehead atoms. The molecule has 20 N–H and O–H groups in total. The zero-order chi connectivity index (χ0) is 63.1. The molecule has 8 atom stereocenters. The van der Waals surface area contributed by atoms with Crippen LogP contribution in [0.1, 0.15) is 212 Å². The first-order valence-corrected chi connectivity index (χ1v) is 32.9. The summed E-state index contributed by atoms with van der Waals surface area (Å²) in [6.07, 6.45) is 19.3. The zero-order valence-electron chi connectivity index (χ0n) is 52.0. The minimum atomic E-state index is -2.22. The van der Waals surface area contributed by atoms with Gasteiger partial charge in [-0.1, -0.05) is 141 Å². The summed E-state index contributed by atoms with van der Waals surface area (Å²) in [7, 11) is 0. The lowest BCUT2D eigenvalue weighted by molar-refractivity contribution is -0.149. The predicted octanol–water partition coefficient (Wildman–Crippen LogP) is 0.738. The monoisotopic (exact) mass is 1220 g/mol. The number of nitrogens with two attached hydrogens (primary N) is 2. The molecular formula is C61H123N9O15. The second-order valence-corrected chi connectivity index (χ2v) is 23.2. The minimum Gasteiger partial charge on any atom is -0.394 e. The molecule has 0 aromatic rings. The number of aliphatic hydroxyl groups is 10. The van der Waals surface area contributed by atoms with Gasteiger partial charge in [-0.3, -0.25) is 24.0 Å². The molecule has 0 aromatic carbocycles. The summed E-state index contributed by atoms with van der Waals surface area (Å²) in [6.45, 7) is 3.93. The highest BCUT2D eigenvalue weighted by Gasteiger charge is 2.35. The van der Waals surface area contributed by atoms with Crippen molar-refractivity contribution >= 4 is 29.5 Å². The molecule has 0 heterocycles. The third-order valence-electron chi connectivity index (χ3n) is 15.6. The second kappa shape index (κ2) is 57.2. The van der Waals surface area contributed by atoms with Gasteiger partial charge in [-0.05, 0) is 96.6 Å². The summed E-state index contributed by atoms with van der Waals surface area (Å²) in [5, 5.41) is 115. The van der Waals surface area contributed by atoms with E-state index in [0.29, 0.717) is 18.9 Å². The normalized spacial score (nSPS) is 14.5. The van der Waals surface area contributed by atoms with Gasteiger partial charge in [-0.25, -0.2) is 0 Å². The van der Waals surface area contributed by atoms with Crippen molar-refractivity contribution in [2.24, 2.45) is 17.4 Å². The van der Waals surface area contributed by atoms with Crippen molar-refractivity contribution < 1.29 is 75.0 Å². The Balaban J connectivity index is 4.05. The number of aliphatic hydroxyl groups excluding tert-OH is 10. The first-order valence-electron chi connectivity index (χ1n) is 32.9. The molecule has 24 nitrogen and oxygen atoms in total. The van der Waals surface area contributed by atoms with E-state index in [1.807, 2.05) is 0 Å². The molecule has 0 aliphatic carbocycles. The molecular weight excluding hydrogens is 1100 g/mol. The van der Waals surface area contributed by atoms with E-state index in [1.54, 1.807) is 0 Å². The van der Waals surface area contributed by atoms with Crippen molar-refractivity contribution in [3.63, 3.8) is 0 Å². The fourth-order valence-electron chi connectivity index (χ4n) is 9.92. The number of unbranched alkanes of at least 4 members (excludes halogenated alkanes) is 25. The van der Waals surface area contributed by atoms with Crippen molar-refractivity contribution in [3.05, 3.63) is 0 Å². The maximum absolute atomic E-state index is 13.2. The molecule has 0 rings (SSSR count). The molecule has 0 saturated carbocycles. The van der Waals surface area contributed by atoms with Gasteiger partial charge in [-0.15, -0.1) is 0 Å². The summed E-state index contributed by atoms with van der Waals surface area (Å²) < 4.78 is 0. The topological polar surface area (TPSA) is 415 Å². The third kappa shape index (κ3) is 45.7. The smallest absolute Gasteiger partial charge is 0.251 e. The Morgan fingerprint density at radius 3 is 1.05 bits per heavy atom. The van der Waals surface area contributed by atoms with Crippen LogP contribution >= 0.6 is 0 Å². The van der Waals surface area contributed by atoms with Crippen LogP contribution in [0.4, 0.5) is 0 Å². The quantitative estimate of drug-likeness (QED) is 0.0373. The summed E-state index contributed by atoms with van der Waals surface area (Å²) in [5.74, 6) is -2.43. The number of carbonyl (C=O) groups is 5. The number of nitrogens with zero attached hydrogens (tertiary/aromatic N) is 1. The van der Waals surface area contributed by atoms with Crippen molar-refractivity contribution in [1.29, 1.82) is 0 Å². The van der Waals surface area contributed by atoms with Gasteiger partial charge in [0, 0.05) is 58.5 Å². The SMILES string of the molecule is NCCCCNCC(CCCCCCNC(=O)CCCCCCCCCCCCCCCCCCCCCCCNC(=O)CCC(=O)N(CCNC(=O)[C@H](O)[C@@H](O)[C@H](O)[C@H](O)CO)CCNC(=O)[C@H](O)[C@@H](O)[C@H](O)[C@H](O)CO)CNCCCCN. The summed E-state index contributed by atoms with van der Waals surface area (Å²) >= 11 is 0. The van der Waals surface area contributed by atoms with Crippen LogP contribution < -0.4 is 43.4 Å². The van der Waals surface area contributed by atoms with Crippen LogP contribution in [0.3, 0.4) is 0 Å². The Morgan fingerprint density at radius 1 is 0.353 bits per heavy atom. The molecule has 0 aromatic heterocycles. The van der Waals surface area contributed by atoms with Gasteiger partial charge in [0.05, 0.1) is 13.2 Å². The van der Waals surface area contributed by atoms with E-state index < -0.39 is 79.8 Å². The standard InChI is InChI=1S/C61H123N9O15/c62-34-24-28-36-64-44-48(45-65-37-29-25-35-63)30-22-19-21-27-38-66-51(75)31-23-18-16-14-12-10-8-6-4-2-1-3-5-7-9-11-13-15-17-20-26-39-67-52(76)32-33-53(77)70(42-40-68-60(84)58(82)56(80)54(78)49(73)46-71)43-41-69-61(85)59(83)57(81)55(79)50(74)47-72/h48-50,54-59,64-65,71-74,78-83H,1-47,62-63H2,(H,66,75)(H,67,76)(H,68,84)(H,69,85)/t49-,50-,54-,55-,56+,57+,58-,59-/m1/s1. The van der Waals surface area contributed by atoms with Crippen LogP contribution in [0.2, 0.25) is 0 Å². The van der Waals surface area contributed by atoms with Crippen LogP contribution in [0.5, 0.6) is 0 Å². The van der Waals surface area contributed by atoms with Crippen molar-refractivity contribution in [1.82, 2.24) is 36.8 Å². The van der Waals surface area contributed by atoms with Crippen LogP contribution in [0, 0.1) is 5.92 Å². The number of amides is 5. The van der Waals surface area contributed by atoms with E-state index in [-0.39, 0.29) is 50.8 Å². The number of nitrogens with one attached hydrogen (secondary N) is 6. The lowest BCUT2D eigenvalue weighted by Crippen LogP contribution is -2.53. The Bertz CT molecular complexity index is 1560. The highest BCUT2D eigenvalue weighted by molar-refractivity contribution is 5.84. The molecule has 0 spiro atoms. The van der Waals surface area contributed by atoms with Gasteiger partial charge >= 0.3 is 0 Å². The molecule has 24 heteroatoms. The van der Waals surface area contributed by atoms with Gasteiger partial charge < -0.3 is 99.3 Å². The first kappa shape index (κ1) is 81.8. The summed E-state index contributed by atoms with van der Waals surface area (Å²) in [4.78, 5) is 64.2. The highest BCUT2D eigenvalue weighted by Crippen LogP contribution is 2.17. The lowest BCUT2D eigenvalue weighted by atomic mass is 10.00. The number of rotatable bonds is 62. The molecule has 502 valence electrons. The number of hydrogen-bond donors (Lipinski definition) is 18. The average Bonchev–Trinajstić information content (AvgIpc) is 3.61. The zero-order valence-corrected chi connectivity index (χ0v) is 52.0. The van der Waals surface area contributed by atoms with Gasteiger partial charge in [0.1, 0.15) is 36.6 Å². The molecule has 0 radical (unpaired) electrons. The lowest BCUT2D eigenvalue weighted by Gasteiger charge is -2.27. The predicted molar refractivity (Wildman–Crippen MR) is 331 cm³/mol. The Labute approximate surface area is 509 Å². The Kier molecular flexibility index (Phi) is 55.1. The fraction of sp³-hybridized carbons (Fsp3) is 0.918. The minimum absolute atomic E-state index is 0.165.